The summed E-state index contributed by atoms with van der Waals surface area (Å²) in [6, 6.07) is 5.63. The van der Waals surface area contributed by atoms with Crippen molar-refractivity contribution >= 4 is 11.9 Å². The standard InChI is InChI=1S/C9H9N3/c10-8-1-2-9-7(5-8)6-11-3-4-12-9/h1-6,11H,10H2. The molecule has 3 nitrogen and oxygen atoms in total. The van der Waals surface area contributed by atoms with Crippen molar-refractivity contribution in [3.63, 3.8) is 0 Å². The third-order valence-corrected chi connectivity index (χ3v) is 1.67. The van der Waals surface area contributed by atoms with Gasteiger partial charge < -0.3 is 11.1 Å². The minimum absolute atomic E-state index is 0.754. The first-order valence-electron chi connectivity index (χ1n) is 3.71. The third-order valence-electron chi connectivity index (χ3n) is 1.67. The summed E-state index contributed by atoms with van der Waals surface area (Å²) in [6.45, 7) is 0. The van der Waals surface area contributed by atoms with E-state index in [9.17, 15) is 0 Å². The molecule has 0 aromatic heterocycles. The Hall–Kier alpha value is -1.77. The maximum Gasteiger partial charge on any atom is 0.0718 e. The van der Waals surface area contributed by atoms with Gasteiger partial charge in [0.2, 0.25) is 0 Å². The average Bonchev–Trinajstić information content (AvgIpc) is 2.28. The van der Waals surface area contributed by atoms with E-state index in [1.165, 1.54) is 0 Å². The quantitative estimate of drug-likeness (QED) is 0.511. The van der Waals surface area contributed by atoms with Gasteiger partial charge in [-0.25, -0.2) is 0 Å². The molecule has 1 aromatic carbocycles. The minimum Gasteiger partial charge on any atom is -0.399 e. The van der Waals surface area contributed by atoms with Crippen LogP contribution in [-0.4, -0.2) is 0 Å². The van der Waals surface area contributed by atoms with Crippen molar-refractivity contribution in [2.75, 3.05) is 5.73 Å². The molecule has 0 fully saturated rings. The van der Waals surface area contributed by atoms with Gasteiger partial charge in [0, 0.05) is 29.5 Å². The molecule has 2 rings (SSSR count). The Bertz CT molecular complexity index is 432. The smallest absolute Gasteiger partial charge is 0.0718 e. The normalized spacial score (nSPS) is 13.3. The fourth-order valence-electron chi connectivity index (χ4n) is 1.10. The van der Waals surface area contributed by atoms with Crippen LogP contribution in [0.5, 0.6) is 0 Å². The van der Waals surface area contributed by atoms with Gasteiger partial charge in [-0.3, -0.25) is 4.99 Å². The second kappa shape index (κ2) is 2.70. The molecule has 12 heavy (non-hydrogen) atoms. The van der Waals surface area contributed by atoms with Gasteiger partial charge >= 0.3 is 0 Å². The number of benzene rings is 1. The van der Waals surface area contributed by atoms with Crippen molar-refractivity contribution in [2.45, 2.75) is 0 Å². The predicted octanol–water partition coefficient (Wildman–Crippen LogP) is -0.299. The lowest BCUT2D eigenvalue weighted by Crippen LogP contribution is -2.25. The van der Waals surface area contributed by atoms with E-state index in [2.05, 4.69) is 10.3 Å². The molecular weight excluding hydrogens is 150 g/mol. The summed E-state index contributed by atoms with van der Waals surface area (Å²) in [5.74, 6) is 0. The van der Waals surface area contributed by atoms with Crippen molar-refractivity contribution in [1.29, 1.82) is 0 Å². The number of hydrogen-bond donors (Lipinski definition) is 2. The lowest BCUT2D eigenvalue weighted by Gasteiger charge is -1.91. The molecule has 1 aromatic rings. The van der Waals surface area contributed by atoms with E-state index < -0.39 is 0 Å². The molecule has 0 spiro atoms. The number of nitrogen functional groups attached to an aromatic ring is 1. The van der Waals surface area contributed by atoms with E-state index in [0.29, 0.717) is 0 Å². The van der Waals surface area contributed by atoms with Crippen LogP contribution in [-0.2, 0) is 0 Å². The van der Waals surface area contributed by atoms with Gasteiger partial charge in [-0.05, 0) is 18.2 Å². The highest BCUT2D eigenvalue weighted by Crippen LogP contribution is 1.90. The van der Waals surface area contributed by atoms with E-state index in [1.54, 1.807) is 12.4 Å². The van der Waals surface area contributed by atoms with Crippen molar-refractivity contribution < 1.29 is 0 Å². The van der Waals surface area contributed by atoms with Crippen LogP contribution in [0.25, 0.3) is 6.20 Å². The Morgan fingerprint density at radius 1 is 1.33 bits per heavy atom. The van der Waals surface area contributed by atoms with E-state index in [4.69, 9.17) is 5.73 Å². The molecule has 0 amide bonds. The number of anilines is 1. The number of fused-ring (bicyclic) bond motifs is 1. The fourth-order valence-corrected chi connectivity index (χ4v) is 1.10. The van der Waals surface area contributed by atoms with Crippen LogP contribution in [0.1, 0.15) is 0 Å². The first-order chi connectivity index (χ1) is 5.86. The summed E-state index contributed by atoms with van der Waals surface area (Å²) >= 11 is 0. The molecular formula is C9H9N3. The molecule has 1 heterocycles. The SMILES string of the molecule is Nc1ccc2c(c1)=CNC=CN=2. The monoisotopic (exact) mass is 159 g/mol. The molecule has 1 aliphatic heterocycles. The second-order valence-corrected chi connectivity index (χ2v) is 2.57. The number of rotatable bonds is 0. The zero-order valence-electron chi connectivity index (χ0n) is 6.49. The first-order valence-corrected chi connectivity index (χ1v) is 3.71. The molecule has 1 aliphatic rings. The van der Waals surface area contributed by atoms with E-state index >= 15 is 0 Å². The number of nitrogens with zero attached hydrogens (tertiary/aromatic N) is 1. The lowest BCUT2D eigenvalue weighted by atomic mass is 10.2. The molecule has 0 saturated carbocycles. The van der Waals surface area contributed by atoms with Gasteiger partial charge in [0.15, 0.2) is 0 Å². The Labute approximate surface area is 69.9 Å². The van der Waals surface area contributed by atoms with Crippen LogP contribution in [0.4, 0.5) is 5.69 Å². The molecule has 0 saturated heterocycles. The van der Waals surface area contributed by atoms with Crippen LogP contribution >= 0.6 is 0 Å². The van der Waals surface area contributed by atoms with Crippen molar-refractivity contribution in [3.8, 4) is 0 Å². The van der Waals surface area contributed by atoms with Crippen molar-refractivity contribution in [1.82, 2.24) is 5.32 Å². The van der Waals surface area contributed by atoms with Crippen LogP contribution in [0.15, 0.2) is 35.6 Å². The van der Waals surface area contributed by atoms with Gasteiger partial charge in [0.1, 0.15) is 0 Å². The Kier molecular flexibility index (Phi) is 1.55. The first kappa shape index (κ1) is 6.91. The summed E-state index contributed by atoms with van der Waals surface area (Å²) in [5.41, 5.74) is 6.38. The molecule has 0 radical (unpaired) electrons. The minimum atomic E-state index is 0.754. The van der Waals surface area contributed by atoms with Crippen molar-refractivity contribution in [3.05, 3.63) is 41.2 Å². The van der Waals surface area contributed by atoms with E-state index in [-0.39, 0.29) is 0 Å². The lowest BCUT2D eigenvalue weighted by molar-refractivity contribution is 1.27. The van der Waals surface area contributed by atoms with Gasteiger partial charge in [-0.2, -0.15) is 0 Å². The highest BCUT2D eigenvalue weighted by atomic mass is 14.8. The Morgan fingerprint density at radius 3 is 3.17 bits per heavy atom. The molecule has 60 valence electrons. The third kappa shape index (κ3) is 1.16. The summed E-state index contributed by atoms with van der Waals surface area (Å²) in [4.78, 5) is 4.20. The zero-order chi connectivity index (χ0) is 8.39. The van der Waals surface area contributed by atoms with Gasteiger partial charge in [-0.1, -0.05) is 0 Å². The second-order valence-electron chi connectivity index (χ2n) is 2.57. The Balaban J connectivity index is 2.78. The summed E-state index contributed by atoms with van der Waals surface area (Å²) in [7, 11) is 0. The van der Waals surface area contributed by atoms with Gasteiger partial charge in [0.05, 0.1) is 5.36 Å². The van der Waals surface area contributed by atoms with Gasteiger partial charge in [-0.15, -0.1) is 0 Å². The molecule has 0 atom stereocenters. The van der Waals surface area contributed by atoms with E-state index in [1.807, 2.05) is 24.4 Å². The van der Waals surface area contributed by atoms with Crippen LogP contribution in [0.3, 0.4) is 0 Å². The van der Waals surface area contributed by atoms with Crippen LogP contribution in [0, 0.1) is 0 Å². The highest BCUT2D eigenvalue weighted by Gasteiger charge is 1.89. The maximum atomic E-state index is 5.62. The van der Waals surface area contributed by atoms with Crippen LogP contribution in [0.2, 0.25) is 0 Å². The average molecular weight is 159 g/mol. The maximum absolute atomic E-state index is 5.62. The number of nitrogens with one attached hydrogen (secondary N) is 1. The number of hydrogen-bond acceptors (Lipinski definition) is 3. The number of nitrogens with two attached hydrogens (primary N) is 1. The van der Waals surface area contributed by atoms with Gasteiger partial charge in [0.25, 0.3) is 0 Å². The molecule has 0 unspecified atom stereocenters. The summed E-state index contributed by atoms with van der Waals surface area (Å²) in [5, 5.41) is 4.93. The molecule has 0 aliphatic carbocycles. The highest BCUT2D eigenvalue weighted by molar-refractivity contribution is 5.40. The molecule has 3 heteroatoms. The largest absolute Gasteiger partial charge is 0.399 e. The Morgan fingerprint density at radius 2 is 2.25 bits per heavy atom. The molecule has 3 N–H and O–H groups in total. The summed E-state index contributed by atoms with van der Waals surface area (Å²) in [6.07, 6.45) is 5.37. The summed E-state index contributed by atoms with van der Waals surface area (Å²) < 4.78 is 0. The van der Waals surface area contributed by atoms with Crippen LogP contribution < -0.4 is 21.6 Å². The zero-order valence-corrected chi connectivity index (χ0v) is 6.49. The fraction of sp³-hybridized carbons (Fsp3) is 0. The van der Waals surface area contributed by atoms with E-state index in [0.717, 1.165) is 16.3 Å². The molecule has 0 bridgehead atoms. The van der Waals surface area contributed by atoms with Crippen molar-refractivity contribution in [2.24, 2.45) is 4.99 Å². The predicted molar refractivity (Wildman–Crippen MR) is 48.4 cm³/mol. The topological polar surface area (TPSA) is 50.4 Å².